The fraction of sp³-hybridized carbons (Fsp3) is 0.476. The predicted octanol–water partition coefficient (Wildman–Crippen LogP) is 3.83. The average Bonchev–Trinajstić information content (AvgIpc) is 2.89. The van der Waals surface area contributed by atoms with Crippen LogP contribution in [-0.2, 0) is 4.74 Å². The van der Waals surface area contributed by atoms with Crippen molar-refractivity contribution in [3.8, 4) is 5.69 Å². The van der Waals surface area contributed by atoms with Crippen LogP contribution in [0.4, 0.5) is 0 Å². The summed E-state index contributed by atoms with van der Waals surface area (Å²) in [7, 11) is 0. The fourth-order valence-electron chi connectivity index (χ4n) is 3.22. The van der Waals surface area contributed by atoms with Gasteiger partial charge in [-0.25, -0.2) is 9.48 Å². The highest BCUT2D eigenvalue weighted by Gasteiger charge is 2.20. The highest BCUT2D eigenvalue weighted by molar-refractivity contribution is 5.94. The zero-order valence-electron chi connectivity index (χ0n) is 17.0. The summed E-state index contributed by atoms with van der Waals surface area (Å²) in [6.07, 6.45) is 0.937. The lowest BCUT2D eigenvalue weighted by atomic mass is 10.0. The number of nitrogens with one attached hydrogen (secondary N) is 1. The molecule has 1 aromatic carbocycles. The summed E-state index contributed by atoms with van der Waals surface area (Å²) in [5.74, 6) is 0.0754. The van der Waals surface area contributed by atoms with E-state index in [1.807, 2.05) is 26.0 Å². The van der Waals surface area contributed by atoms with Gasteiger partial charge >= 0.3 is 5.97 Å². The lowest BCUT2D eigenvalue weighted by Gasteiger charge is -2.16. The molecule has 0 spiro atoms. The highest BCUT2D eigenvalue weighted by Crippen LogP contribution is 2.19. The topological polar surface area (TPSA) is 73.2 Å². The minimum atomic E-state index is -0.367. The second kappa shape index (κ2) is 8.84. The first-order valence-corrected chi connectivity index (χ1v) is 9.39. The van der Waals surface area contributed by atoms with E-state index in [1.54, 1.807) is 30.7 Å². The number of nitrogens with zero attached hydrogens (tertiary/aromatic N) is 2. The van der Waals surface area contributed by atoms with Crippen LogP contribution in [0.15, 0.2) is 24.3 Å². The van der Waals surface area contributed by atoms with Crippen LogP contribution >= 0.6 is 0 Å². The molecular weight excluding hydrogens is 342 g/mol. The van der Waals surface area contributed by atoms with Gasteiger partial charge in [-0.2, -0.15) is 5.10 Å². The number of carbonyl (C=O) groups excluding carboxylic acids is 2. The minimum Gasteiger partial charge on any atom is -0.462 e. The number of hydrogen-bond acceptors (Lipinski definition) is 4. The molecule has 1 unspecified atom stereocenters. The first-order chi connectivity index (χ1) is 12.7. The molecule has 2 rings (SSSR count). The third-order valence-electron chi connectivity index (χ3n) is 4.35. The summed E-state index contributed by atoms with van der Waals surface area (Å²) in [6.45, 7) is 12.0. The van der Waals surface area contributed by atoms with Crippen molar-refractivity contribution < 1.29 is 14.3 Å². The van der Waals surface area contributed by atoms with Crippen LogP contribution in [0, 0.1) is 19.8 Å². The molecule has 0 aliphatic heterocycles. The number of amides is 1. The normalized spacial score (nSPS) is 12.1. The van der Waals surface area contributed by atoms with Crippen molar-refractivity contribution in [1.82, 2.24) is 15.1 Å². The summed E-state index contributed by atoms with van der Waals surface area (Å²) in [5, 5.41) is 7.47. The van der Waals surface area contributed by atoms with Gasteiger partial charge in [-0.3, -0.25) is 4.79 Å². The number of esters is 1. The SMILES string of the molecule is CCOC(=O)c1c(C)nn(-c2ccc(C(=O)NC(C)CC(C)C)cc2)c1C. The van der Waals surface area contributed by atoms with Crippen molar-refractivity contribution in [3.05, 3.63) is 46.8 Å². The Morgan fingerprint density at radius 3 is 2.33 bits per heavy atom. The first-order valence-electron chi connectivity index (χ1n) is 9.39. The van der Waals surface area contributed by atoms with Crippen LogP contribution in [0.2, 0.25) is 0 Å². The second-order valence-corrected chi connectivity index (χ2v) is 7.23. The maximum absolute atomic E-state index is 12.4. The highest BCUT2D eigenvalue weighted by atomic mass is 16.5. The van der Waals surface area contributed by atoms with Gasteiger partial charge < -0.3 is 10.1 Å². The van der Waals surface area contributed by atoms with Gasteiger partial charge in [0.1, 0.15) is 5.56 Å². The van der Waals surface area contributed by atoms with E-state index in [0.29, 0.717) is 35.0 Å². The Kier molecular flexibility index (Phi) is 6.77. The maximum atomic E-state index is 12.4. The number of carbonyl (C=O) groups is 2. The average molecular weight is 371 g/mol. The smallest absolute Gasteiger partial charge is 0.341 e. The van der Waals surface area contributed by atoms with E-state index in [0.717, 1.165) is 12.1 Å². The van der Waals surface area contributed by atoms with Gasteiger partial charge in [0.05, 0.1) is 23.7 Å². The third kappa shape index (κ3) is 4.96. The lowest BCUT2D eigenvalue weighted by Crippen LogP contribution is -2.33. The molecule has 0 saturated carbocycles. The summed E-state index contributed by atoms with van der Waals surface area (Å²) in [5.41, 5.74) is 3.21. The van der Waals surface area contributed by atoms with Gasteiger partial charge in [0.25, 0.3) is 5.91 Å². The van der Waals surface area contributed by atoms with Gasteiger partial charge in [-0.15, -0.1) is 0 Å². The Hall–Kier alpha value is -2.63. The van der Waals surface area contributed by atoms with Crippen LogP contribution in [0.25, 0.3) is 5.69 Å². The molecule has 0 aliphatic carbocycles. The molecule has 1 heterocycles. The number of hydrogen-bond donors (Lipinski definition) is 1. The Morgan fingerprint density at radius 1 is 1.15 bits per heavy atom. The van der Waals surface area contributed by atoms with Gasteiger partial charge in [0.15, 0.2) is 0 Å². The first kappa shape index (κ1) is 20.7. The van der Waals surface area contributed by atoms with E-state index in [-0.39, 0.29) is 17.9 Å². The van der Waals surface area contributed by atoms with Gasteiger partial charge in [0, 0.05) is 11.6 Å². The molecule has 1 aromatic heterocycles. The summed E-state index contributed by atoms with van der Waals surface area (Å²) in [4.78, 5) is 24.5. The van der Waals surface area contributed by atoms with Crippen molar-refractivity contribution >= 4 is 11.9 Å². The van der Waals surface area contributed by atoms with Crippen LogP contribution in [0.1, 0.15) is 66.2 Å². The summed E-state index contributed by atoms with van der Waals surface area (Å²) in [6, 6.07) is 7.33. The number of benzene rings is 1. The Bertz CT molecular complexity index is 807. The molecule has 6 heteroatoms. The zero-order chi connectivity index (χ0) is 20.1. The summed E-state index contributed by atoms with van der Waals surface area (Å²) >= 11 is 0. The molecule has 27 heavy (non-hydrogen) atoms. The van der Waals surface area contributed by atoms with E-state index >= 15 is 0 Å². The molecular formula is C21H29N3O3. The van der Waals surface area contributed by atoms with E-state index in [9.17, 15) is 9.59 Å². The summed E-state index contributed by atoms with van der Waals surface area (Å²) < 4.78 is 6.81. The molecule has 2 aromatic rings. The van der Waals surface area contributed by atoms with Crippen LogP contribution in [-0.4, -0.2) is 34.3 Å². The Morgan fingerprint density at radius 2 is 1.78 bits per heavy atom. The Balaban J connectivity index is 2.19. The fourth-order valence-corrected chi connectivity index (χ4v) is 3.22. The third-order valence-corrected chi connectivity index (χ3v) is 4.35. The van der Waals surface area contributed by atoms with Crippen molar-refractivity contribution in [3.63, 3.8) is 0 Å². The number of ether oxygens (including phenoxy) is 1. The monoisotopic (exact) mass is 371 g/mol. The van der Waals surface area contributed by atoms with Crippen LogP contribution in [0.5, 0.6) is 0 Å². The number of rotatable bonds is 7. The van der Waals surface area contributed by atoms with Crippen molar-refractivity contribution in [2.45, 2.75) is 54.0 Å². The number of aromatic nitrogens is 2. The second-order valence-electron chi connectivity index (χ2n) is 7.23. The largest absolute Gasteiger partial charge is 0.462 e. The van der Waals surface area contributed by atoms with Crippen molar-refractivity contribution in [2.75, 3.05) is 6.61 Å². The van der Waals surface area contributed by atoms with E-state index < -0.39 is 0 Å². The molecule has 0 aliphatic rings. The number of aryl methyl sites for hydroxylation is 1. The molecule has 0 bridgehead atoms. The molecule has 0 saturated heterocycles. The van der Waals surface area contributed by atoms with Gasteiger partial charge in [0.2, 0.25) is 0 Å². The van der Waals surface area contributed by atoms with Gasteiger partial charge in [-0.1, -0.05) is 13.8 Å². The van der Waals surface area contributed by atoms with E-state index in [4.69, 9.17) is 4.74 Å². The van der Waals surface area contributed by atoms with Crippen molar-refractivity contribution in [1.29, 1.82) is 0 Å². The van der Waals surface area contributed by atoms with E-state index in [1.165, 1.54) is 0 Å². The Labute approximate surface area is 160 Å². The molecule has 0 fully saturated rings. The minimum absolute atomic E-state index is 0.0877. The van der Waals surface area contributed by atoms with Gasteiger partial charge in [-0.05, 0) is 64.3 Å². The molecule has 1 atom stereocenters. The maximum Gasteiger partial charge on any atom is 0.341 e. The van der Waals surface area contributed by atoms with E-state index in [2.05, 4.69) is 24.3 Å². The lowest BCUT2D eigenvalue weighted by molar-refractivity contribution is 0.0524. The predicted molar refractivity (Wildman–Crippen MR) is 105 cm³/mol. The standard InChI is InChI=1S/C21H29N3O3/c1-7-27-21(26)19-15(5)23-24(16(19)6)18-10-8-17(9-11-18)20(25)22-14(4)12-13(2)3/h8-11,13-14H,7,12H2,1-6H3,(H,22,25). The molecule has 146 valence electrons. The zero-order valence-corrected chi connectivity index (χ0v) is 17.0. The van der Waals surface area contributed by atoms with Crippen LogP contribution < -0.4 is 5.32 Å². The molecule has 1 amide bonds. The van der Waals surface area contributed by atoms with Crippen LogP contribution in [0.3, 0.4) is 0 Å². The van der Waals surface area contributed by atoms with Crippen molar-refractivity contribution in [2.24, 2.45) is 5.92 Å². The molecule has 1 N–H and O–H groups in total. The molecule has 0 radical (unpaired) electrons. The quantitative estimate of drug-likeness (QED) is 0.751. The molecule has 6 nitrogen and oxygen atoms in total.